The monoisotopic (exact) mass is 254 g/mol. The fourth-order valence-corrected chi connectivity index (χ4v) is 2.71. The minimum atomic E-state index is -0.203. The number of carbonyl (C=O) groups is 1. The lowest BCUT2D eigenvalue weighted by Gasteiger charge is -2.33. The Labute approximate surface area is 111 Å². The molecule has 0 bridgehead atoms. The molecule has 0 saturated heterocycles. The zero-order chi connectivity index (χ0) is 13.6. The van der Waals surface area contributed by atoms with Gasteiger partial charge in [0.1, 0.15) is 0 Å². The molecule has 3 N–H and O–H groups in total. The number of carbonyl (C=O) groups excluding carboxylic acids is 1. The third-order valence-electron chi connectivity index (χ3n) is 3.84. The van der Waals surface area contributed by atoms with Crippen molar-refractivity contribution in [1.82, 2.24) is 0 Å². The van der Waals surface area contributed by atoms with Crippen molar-refractivity contribution in [2.24, 2.45) is 10.7 Å². The van der Waals surface area contributed by atoms with E-state index in [0.717, 1.165) is 43.4 Å². The molecule has 1 atom stereocenters. The van der Waals surface area contributed by atoms with Crippen LogP contribution in [0.4, 0.5) is 0 Å². The first-order chi connectivity index (χ1) is 8.58. The van der Waals surface area contributed by atoms with E-state index in [1.165, 1.54) is 0 Å². The number of hydrogen-bond donors (Lipinski definition) is 2. The summed E-state index contributed by atoms with van der Waals surface area (Å²) >= 11 is 0. The number of amides is 1. The largest absolute Gasteiger partial charge is 0.338 e. The van der Waals surface area contributed by atoms with Crippen LogP contribution in [-0.4, -0.2) is 24.0 Å². The van der Waals surface area contributed by atoms with Gasteiger partial charge in [-0.1, -0.05) is 39.5 Å². The second kappa shape index (κ2) is 6.88. The summed E-state index contributed by atoms with van der Waals surface area (Å²) in [5.41, 5.74) is 5.79. The normalized spacial score (nSPS) is 22.9. The van der Waals surface area contributed by atoms with Gasteiger partial charge < -0.3 is 5.73 Å². The van der Waals surface area contributed by atoms with Crippen LogP contribution in [0.2, 0.25) is 0 Å². The Morgan fingerprint density at radius 2 is 1.78 bits per heavy atom. The number of hydrogen-bond acceptors (Lipinski definition) is 3. The predicted molar refractivity (Wildman–Crippen MR) is 74.5 cm³/mol. The summed E-state index contributed by atoms with van der Waals surface area (Å²) in [6, 6.07) is 0. The number of unbranched alkanes of at least 4 members (excludes halogenated alkanes) is 2. The average molecular weight is 254 g/mol. The molecule has 104 valence electrons. The Bertz CT molecular complexity index is 304. The number of nitrogens with one attached hydrogen (secondary N) is 1. The van der Waals surface area contributed by atoms with Crippen LogP contribution in [0.1, 0.15) is 65.7 Å². The maximum Gasteiger partial charge on any atom is 0.322 e. The van der Waals surface area contributed by atoms with Crippen molar-refractivity contribution in [3.8, 4) is 0 Å². The minimum Gasteiger partial charge on any atom is -0.338 e. The number of aliphatic imine (C=N–C) groups is 1. The number of quaternary nitrogens is 1. The number of nitrogens with two attached hydrogens (primary N) is 1. The average Bonchev–Trinajstić information content (AvgIpc) is 2.34. The second-order valence-electron chi connectivity index (χ2n) is 5.36. The van der Waals surface area contributed by atoms with Crippen molar-refractivity contribution in [1.29, 1.82) is 0 Å². The van der Waals surface area contributed by atoms with Gasteiger partial charge in [-0.2, -0.15) is 0 Å². The third kappa shape index (κ3) is 3.55. The van der Waals surface area contributed by atoms with Crippen LogP contribution >= 0.6 is 0 Å². The van der Waals surface area contributed by atoms with Gasteiger partial charge in [0, 0.05) is 0 Å². The molecule has 1 unspecified atom stereocenters. The number of rotatable bonds is 7. The van der Waals surface area contributed by atoms with E-state index in [9.17, 15) is 4.79 Å². The lowest BCUT2D eigenvalue weighted by Crippen LogP contribution is -3.19. The summed E-state index contributed by atoms with van der Waals surface area (Å²) in [4.78, 5) is 17.6. The van der Waals surface area contributed by atoms with Gasteiger partial charge in [-0.25, -0.2) is 14.7 Å². The van der Waals surface area contributed by atoms with Gasteiger partial charge in [0.25, 0.3) is 0 Å². The van der Waals surface area contributed by atoms with Crippen molar-refractivity contribution in [3.63, 3.8) is 0 Å². The maximum absolute atomic E-state index is 12.2. The molecule has 4 nitrogen and oxygen atoms in total. The van der Waals surface area contributed by atoms with Gasteiger partial charge in [0.05, 0.1) is 18.5 Å². The summed E-state index contributed by atoms with van der Waals surface area (Å²) in [5, 5.41) is 0. The van der Waals surface area contributed by atoms with Crippen LogP contribution in [0.3, 0.4) is 0 Å². The topological polar surface area (TPSA) is 59.9 Å². The standard InChI is InChI=1S/C14H27N3O/c1-4-7-9-14(10-8-5-2)11-12(18)17(6-3)13(15)16-14/h4-11H2,1-3H3,(H2,15,16)/p+1. The molecule has 1 aliphatic heterocycles. The highest BCUT2D eigenvalue weighted by molar-refractivity contribution is 5.85. The smallest absolute Gasteiger partial charge is 0.322 e. The van der Waals surface area contributed by atoms with Gasteiger partial charge in [-0.05, 0) is 19.8 Å². The highest BCUT2D eigenvalue weighted by Gasteiger charge is 2.41. The Morgan fingerprint density at radius 3 is 2.17 bits per heavy atom. The molecule has 1 aliphatic rings. The van der Waals surface area contributed by atoms with Crippen molar-refractivity contribution >= 4 is 11.9 Å². The quantitative estimate of drug-likeness (QED) is 0.718. The number of guanidine groups is 1. The van der Waals surface area contributed by atoms with Crippen LogP contribution in [0.15, 0.2) is 4.99 Å². The molecule has 0 spiro atoms. The molecule has 1 amide bonds. The van der Waals surface area contributed by atoms with Crippen LogP contribution in [0, 0.1) is 0 Å². The molecule has 1 rings (SSSR count). The first kappa shape index (κ1) is 15.2. The molecule has 0 aliphatic carbocycles. The van der Waals surface area contributed by atoms with Crippen LogP contribution < -0.4 is 10.6 Å². The van der Waals surface area contributed by atoms with Crippen LogP contribution in [0.25, 0.3) is 0 Å². The maximum atomic E-state index is 12.2. The van der Waals surface area contributed by atoms with E-state index >= 15 is 0 Å². The lowest BCUT2D eigenvalue weighted by atomic mass is 9.83. The van der Waals surface area contributed by atoms with Crippen molar-refractivity contribution in [2.45, 2.75) is 71.3 Å². The van der Waals surface area contributed by atoms with Gasteiger partial charge >= 0.3 is 11.9 Å². The van der Waals surface area contributed by atoms with E-state index in [1.54, 1.807) is 0 Å². The molecule has 0 aromatic carbocycles. The predicted octanol–water partition coefficient (Wildman–Crippen LogP) is 1.26. The minimum absolute atomic E-state index is 0.203. The van der Waals surface area contributed by atoms with E-state index in [2.05, 4.69) is 13.8 Å². The van der Waals surface area contributed by atoms with Gasteiger partial charge in [0.15, 0.2) is 0 Å². The van der Waals surface area contributed by atoms with Gasteiger partial charge in [0.2, 0.25) is 0 Å². The Morgan fingerprint density at radius 1 is 1.22 bits per heavy atom. The van der Waals surface area contributed by atoms with Crippen LogP contribution in [-0.2, 0) is 4.79 Å². The van der Waals surface area contributed by atoms with E-state index in [4.69, 9.17) is 10.7 Å². The Hall–Kier alpha value is -0.900. The summed E-state index contributed by atoms with van der Waals surface area (Å²) < 4.78 is 0. The summed E-state index contributed by atoms with van der Waals surface area (Å²) in [5.74, 6) is 0.721. The summed E-state index contributed by atoms with van der Waals surface area (Å²) in [6.07, 6.45) is 7.07. The molecule has 4 heteroatoms. The molecule has 0 saturated carbocycles. The summed E-state index contributed by atoms with van der Waals surface area (Å²) in [7, 11) is 0. The molecule has 18 heavy (non-hydrogen) atoms. The van der Waals surface area contributed by atoms with Crippen molar-refractivity contribution < 1.29 is 9.69 Å². The molecular weight excluding hydrogens is 226 g/mol. The zero-order valence-electron chi connectivity index (χ0n) is 12.1. The molecule has 1 heterocycles. The first-order valence-electron chi connectivity index (χ1n) is 7.33. The van der Waals surface area contributed by atoms with Gasteiger partial charge in [-0.3, -0.25) is 0 Å². The Balaban J connectivity index is 2.89. The molecular formula is C14H28N3O+. The highest BCUT2D eigenvalue weighted by atomic mass is 16.2. The van der Waals surface area contributed by atoms with Crippen LogP contribution in [0.5, 0.6) is 0 Å². The van der Waals surface area contributed by atoms with E-state index in [-0.39, 0.29) is 11.4 Å². The van der Waals surface area contributed by atoms with E-state index < -0.39 is 0 Å². The molecule has 0 aromatic rings. The fourth-order valence-electron chi connectivity index (χ4n) is 2.71. The van der Waals surface area contributed by atoms with Crippen molar-refractivity contribution in [3.05, 3.63) is 0 Å². The second-order valence-corrected chi connectivity index (χ2v) is 5.36. The number of nitrogens with zero attached hydrogens (tertiary/aromatic N) is 1. The highest BCUT2D eigenvalue weighted by Crippen LogP contribution is 2.30. The SMILES string of the molecule is CCCCC1(CCCC)CC(=O)[NH+](CC)C(N)=N1. The van der Waals surface area contributed by atoms with E-state index in [1.807, 2.05) is 6.92 Å². The lowest BCUT2D eigenvalue weighted by molar-refractivity contribution is -0.723. The molecule has 0 aromatic heterocycles. The van der Waals surface area contributed by atoms with Gasteiger partial charge in [-0.15, -0.1) is 0 Å². The zero-order valence-corrected chi connectivity index (χ0v) is 12.1. The Kier molecular flexibility index (Phi) is 5.79. The van der Waals surface area contributed by atoms with Crippen molar-refractivity contribution in [2.75, 3.05) is 6.54 Å². The van der Waals surface area contributed by atoms with E-state index in [0.29, 0.717) is 18.9 Å². The first-order valence-corrected chi connectivity index (χ1v) is 7.33. The summed E-state index contributed by atoms with van der Waals surface area (Å²) in [6.45, 7) is 7.02. The molecule has 0 radical (unpaired) electrons. The fraction of sp³-hybridized carbons (Fsp3) is 0.857. The third-order valence-corrected chi connectivity index (χ3v) is 3.84. The molecule has 0 fully saturated rings.